The van der Waals surface area contributed by atoms with Crippen LogP contribution in [0.1, 0.15) is 12.0 Å². The molecule has 0 aromatic carbocycles. The summed E-state index contributed by atoms with van der Waals surface area (Å²) < 4.78 is 0. The van der Waals surface area contributed by atoms with Crippen molar-refractivity contribution in [2.75, 3.05) is 17.6 Å². The van der Waals surface area contributed by atoms with Crippen molar-refractivity contribution in [3.05, 3.63) is 17.8 Å². The molecule has 0 spiro atoms. The average molecular weight is 180 g/mol. The molecule has 1 aromatic heterocycles. The summed E-state index contributed by atoms with van der Waals surface area (Å²) in [6, 6.07) is 2.05. The maximum atomic E-state index is 4.34. The topological polar surface area (TPSA) is 24.9 Å². The number of aromatic nitrogens is 1. The third-order valence-corrected chi connectivity index (χ3v) is 3.06. The van der Waals surface area contributed by atoms with Crippen LogP contribution >= 0.6 is 11.8 Å². The largest absolute Gasteiger partial charge is 0.383 e. The van der Waals surface area contributed by atoms with Crippen LogP contribution in [-0.2, 0) is 0 Å². The third kappa shape index (κ3) is 1.41. The van der Waals surface area contributed by atoms with Gasteiger partial charge < -0.3 is 5.32 Å². The highest BCUT2D eigenvalue weighted by Crippen LogP contribution is 2.30. The van der Waals surface area contributed by atoms with Crippen LogP contribution in [0.2, 0.25) is 0 Å². The van der Waals surface area contributed by atoms with E-state index in [0.29, 0.717) is 0 Å². The number of anilines is 1. The molecular weight excluding hydrogens is 168 g/mol. The zero-order chi connectivity index (χ0) is 8.39. The maximum absolute atomic E-state index is 4.34. The van der Waals surface area contributed by atoms with E-state index >= 15 is 0 Å². The van der Waals surface area contributed by atoms with E-state index in [1.165, 1.54) is 23.4 Å². The minimum absolute atomic E-state index is 1.08. The monoisotopic (exact) mass is 180 g/mol. The van der Waals surface area contributed by atoms with Crippen molar-refractivity contribution < 1.29 is 0 Å². The number of nitrogens with zero attached hydrogens (tertiary/aromatic N) is 1. The highest BCUT2D eigenvalue weighted by atomic mass is 32.2. The number of pyridine rings is 1. The van der Waals surface area contributed by atoms with Gasteiger partial charge in [0.05, 0.1) is 5.69 Å². The van der Waals surface area contributed by atoms with Gasteiger partial charge in [0.2, 0.25) is 0 Å². The van der Waals surface area contributed by atoms with Crippen molar-refractivity contribution in [1.29, 1.82) is 0 Å². The van der Waals surface area contributed by atoms with Crippen LogP contribution in [-0.4, -0.2) is 17.3 Å². The lowest BCUT2D eigenvalue weighted by atomic mass is 10.2. The van der Waals surface area contributed by atoms with Gasteiger partial charge in [-0.05, 0) is 25.0 Å². The van der Waals surface area contributed by atoms with Gasteiger partial charge in [0.25, 0.3) is 0 Å². The smallest absolute Gasteiger partial charge is 0.119 e. The number of rotatable bonds is 0. The summed E-state index contributed by atoms with van der Waals surface area (Å²) in [4.78, 5) is 4.34. The molecule has 12 heavy (non-hydrogen) atoms. The Morgan fingerprint density at radius 1 is 1.58 bits per heavy atom. The second-order valence-electron chi connectivity index (χ2n) is 2.94. The molecule has 3 heteroatoms. The molecule has 0 bridgehead atoms. The predicted octanol–water partition coefficient (Wildman–Crippen LogP) is 2.30. The minimum Gasteiger partial charge on any atom is -0.383 e. The first-order chi connectivity index (χ1) is 5.88. The van der Waals surface area contributed by atoms with E-state index < -0.39 is 0 Å². The number of aryl methyl sites for hydroxylation is 1. The zero-order valence-electron chi connectivity index (χ0n) is 7.13. The first-order valence-corrected chi connectivity index (χ1v) is 5.19. The SMILES string of the molecule is Cc1ccnc2c1NCCCS2. The lowest BCUT2D eigenvalue weighted by molar-refractivity contribution is 0.992. The van der Waals surface area contributed by atoms with Gasteiger partial charge in [-0.2, -0.15) is 0 Å². The van der Waals surface area contributed by atoms with Crippen LogP contribution in [0.3, 0.4) is 0 Å². The quantitative estimate of drug-likeness (QED) is 0.663. The van der Waals surface area contributed by atoms with Crippen LogP contribution in [0.4, 0.5) is 5.69 Å². The number of thioether (sulfide) groups is 1. The fourth-order valence-electron chi connectivity index (χ4n) is 1.31. The molecule has 1 N–H and O–H groups in total. The molecule has 2 heterocycles. The highest BCUT2D eigenvalue weighted by Gasteiger charge is 2.09. The Kier molecular flexibility index (Phi) is 2.21. The van der Waals surface area contributed by atoms with Crippen molar-refractivity contribution in [3.63, 3.8) is 0 Å². The van der Waals surface area contributed by atoms with Gasteiger partial charge in [-0.1, -0.05) is 0 Å². The molecule has 0 fully saturated rings. The molecule has 0 saturated heterocycles. The summed E-state index contributed by atoms with van der Waals surface area (Å²) in [7, 11) is 0. The summed E-state index contributed by atoms with van der Waals surface area (Å²) in [5, 5.41) is 4.57. The standard InChI is InChI=1S/C9H12N2S/c1-7-3-5-11-9-8(7)10-4-2-6-12-9/h3,5,10H,2,4,6H2,1H3. The van der Waals surface area contributed by atoms with Gasteiger partial charge in [0.1, 0.15) is 5.03 Å². The van der Waals surface area contributed by atoms with E-state index in [1.54, 1.807) is 0 Å². The summed E-state index contributed by atoms with van der Waals surface area (Å²) in [5.41, 5.74) is 2.54. The van der Waals surface area contributed by atoms with E-state index in [9.17, 15) is 0 Å². The van der Waals surface area contributed by atoms with E-state index in [-0.39, 0.29) is 0 Å². The van der Waals surface area contributed by atoms with E-state index in [1.807, 2.05) is 18.0 Å². The third-order valence-electron chi connectivity index (χ3n) is 1.99. The Morgan fingerprint density at radius 2 is 2.50 bits per heavy atom. The van der Waals surface area contributed by atoms with Crippen molar-refractivity contribution in [3.8, 4) is 0 Å². The van der Waals surface area contributed by atoms with Crippen molar-refractivity contribution in [2.45, 2.75) is 18.4 Å². The van der Waals surface area contributed by atoms with Crippen LogP contribution < -0.4 is 5.32 Å². The van der Waals surface area contributed by atoms with Crippen LogP contribution in [0, 0.1) is 6.92 Å². The molecule has 64 valence electrons. The van der Waals surface area contributed by atoms with Gasteiger partial charge >= 0.3 is 0 Å². The lowest BCUT2D eigenvalue weighted by Crippen LogP contribution is -2.02. The maximum Gasteiger partial charge on any atom is 0.119 e. The summed E-state index contributed by atoms with van der Waals surface area (Å²) in [6.45, 7) is 3.20. The van der Waals surface area contributed by atoms with Crippen molar-refractivity contribution >= 4 is 17.4 Å². The van der Waals surface area contributed by atoms with Gasteiger partial charge in [-0.3, -0.25) is 0 Å². The Balaban J connectivity index is 2.42. The molecular formula is C9H12N2S. The number of nitrogens with one attached hydrogen (secondary N) is 1. The van der Waals surface area contributed by atoms with E-state index in [4.69, 9.17) is 0 Å². The molecule has 0 amide bonds. The fraction of sp³-hybridized carbons (Fsp3) is 0.444. The van der Waals surface area contributed by atoms with Gasteiger partial charge in [-0.15, -0.1) is 11.8 Å². The molecule has 0 saturated carbocycles. The van der Waals surface area contributed by atoms with Crippen molar-refractivity contribution in [2.24, 2.45) is 0 Å². The van der Waals surface area contributed by atoms with E-state index in [2.05, 4.69) is 23.3 Å². The first kappa shape index (κ1) is 7.92. The van der Waals surface area contributed by atoms with Gasteiger partial charge in [0, 0.05) is 18.5 Å². The first-order valence-electron chi connectivity index (χ1n) is 4.20. The summed E-state index contributed by atoms with van der Waals surface area (Å²) in [6.07, 6.45) is 3.11. The Hall–Kier alpha value is -0.700. The van der Waals surface area contributed by atoms with Crippen LogP contribution in [0.25, 0.3) is 0 Å². The molecule has 1 aromatic rings. The summed E-state index contributed by atoms with van der Waals surface area (Å²) >= 11 is 1.85. The molecule has 0 atom stereocenters. The molecule has 1 aliphatic heterocycles. The Labute approximate surface area is 76.8 Å². The number of fused-ring (bicyclic) bond motifs is 1. The second-order valence-corrected chi connectivity index (χ2v) is 4.02. The molecule has 2 nitrogen and oxygen atoms in total. The molecule has 2 rings (SSSR count). The Bertz CT molecular complexity index is 286. The number of hydrogen-bond donors (Lipinski definition) is 1. The molecule has 0 radical (unpaired) electrons. The van der Waals surface area contributed by atoms with E-state index in [0.717, 1.165) is 11.6 Å². The molecule has 0 unspecified atom stereocenters. The fourth-order valence-corrected chi connectivity index (χ4v) is 2.31. The molecule has 1 aliphatic rings. The second kappa shape index (κ2) is 3.35. The molecule has 0 aliphatic carbocycles. The van der Waals surface area contributed by atoms with Crippen LogP contribution in [0.15, 0.2) is 17.3 Å². The summed E-state index contributed by atoms with van der Waals surface area (Å²) in [5.74, 6) is 1.18. The zero-order valence-corrected chi connectivity index (χ0v) is 7.95. The number of hydrogen-bond acceptors (Lipinski definition) is 3. The average Bonchev–Trinajstić information content (AvgIpc) is 2.30. The van der Waals surface area contributed by atoms with Gasteiger partial charge in [0.15, 0.2) is 0 Å². The van der Waals surface area contributed by atoms with Crippen molar-refractivity contribution in [1.82, 2.24) is 4.98 Å². The highest BCUT2D eigenvalue weighted by molar-refractivity contribution is 7.99. The Morgan fingerprint density at radius 3 is 3.42 bits per heavy atom. The van der Waals surface area contributed by atoms with Gasteiger partial charge in [-0.25, -0.2) is 4.98 Å². The van der Waals surface area contributed by atoms with Crippen LogP contribution in [0.5, 0.6) is 0 Å². The lowest BCUT2D eigenvalue weighted by Gasteiger charge is -2.08. The minimum atomic E-state index is 1.08. The normalized spacial score (nSPS) is 16.1. The predicted molar refractivity (Wildman–Crippen MR) is 52.8 cm³/mol.